The molecule has 1 aliphatic heterocycles. The number of pyridine rings is 1. The van der Waals surface area contributed by atoms with E-state index in [1.54, 1.807) is 26.1 Å². The third kappa shape index (κ3) is 5.18. The van der Waals surface area contributed by atoms with Gasteiger partial charge in [0.2, 0.25) is 0 Å². The number of nitrogens with zero attached hydrogens (tertiary/aromatic N) is 3. The minimum Gasteiger partial charge on any atom is -0.395 e. The van der Waals surface area contributed by atoms with Gasteiger partial charge in [0.05, 0.1) is 27.9 Å². The lowest BCUT2D eigenvalue weighted by Crippen LogP contribution is -2.34. The second-order valence-corrected chi connectivity index (χ2v) is 10.7. The van der Waals surface area contributed by atoms with Crippen LogP contribution in [0.3, 0.4) is 0 Å². The van der Waals surface area contributed by atoms with Crippen molar-refractivity contribution in [3.63, 3.8) is 0 Å². The first-order valence-electron chi connectivity index (χ1n) is 12.5. The Morgan fingerprint density at radius 1 is 1.00 bits per heavy atom. The Labute approximate surface area is 222 Å². The minimum absolute atomic E-state index is 0.114. The predicted octanol–water partition coefficient (Wildman–Crippen LogP) is 5.83. The van der Waals surface area contributed by atoms with Crippen molar-refractivity contribution in [2.24, 2.45) is 0 Å². The molecular weight excluding hydrogens is 511 g/mol. The summed E-state index contributed by atoms with van der Waals surface area (Å²) >= 11 is 1.38. The average molecular weight is 540 g/mol. The topological polar surface area (TPSA) is 58.4 Å². The Morgan fingerprint density at radius 2 is 1.71 bits per heavy atom. The minimum atomic E-state index is -0.683. The number of aromatic nitrogens is 2. The van der Waals surface area contributed by atoms with E-state index in [-0.39, 0.29) is 29.5 Å². The van der Waals surface area contributed by atoms with Gasteiger partial charge in [-0.1, -0.05) is 0 Å². The van der Waals surface area contributed by atoms with E-state index in [0.717, 1.165) is 37.0 Å². The zero-order chi connectivity index (χ0) is 27.0. The normalized spacial score (nSPS) is 14.8. The van der Waals surface area contributed by atoms with Crippen LogP contribution in [0.4, 0.5) is 13.2 Å². The molecule has 2 aromatic heterocycles. The number of aryl methyl sites for hydroxylation is 2. The summed E-state index contributed by atoms with van der Waals surface area (Å²) in [5.41, 5.74) is 2.88. The van der Waals surface area contributed by atoms with E-state index in [2.05, 4.69) is 4.90 Å². The van der Waals surface area contributed by atoms with Gasteiger partial charge in [0.25, 0.3) is 5.56 Å². The number of hydrogen-bond acceptors (Lipinski definition) is 5. The third-order valence-electron chi connectivity index (χ3n) is 7.05. The van der Waals surface area contributed by atoms with Gasteiger partial charge in [0.1, 0.15) is 17.5 Å². The lowest BCUT2D eigenvalue weighted by molar-refractivity contribution is 0.164. The summed E-state index contributed by atoms with van der Waals surface area (Å²) in [6, 6.07) is 9.34. The number of thiazole rings is 1. The quantitative estimate of drug-likeness (QED) is 0.335. The number of rotatable bonds is 6. The molecule has 38 heavy (non-hydrogen) atoms. The van der Waals surface area contributed by atoms with Gasteiger partial charge in [0.15, 0.2) is 0 Å². The molecule has 5 nitrogen and oxygen atoms in total. The van der Waals surface area contributed by atoms with E-state index in [0.29, 0.717) is 39.5 Å². The lowest BCUT2D eigenvalue weighted by Gasteiger charge is -2.30. The van der Waals surface area contributed by atoms with Crippen LogP contribution in [0.25, 0.3) is 27.4 Å². The zero-order valence-electron chi connectivity index (χ0n) is 21.2. The highest BCUT2D eigenvalue weighted by Crippen LogP contribution is 2.42. The Kier molecular flexibility index (Phi) is 7.52. The summed E-state index contributed by atoms with van der Waals surface area (Å²) in [6.07, 6.45) is 3.36. The maximum Gasteiger partial charge on any atom is 0.255 e. The fourth-order valence-electron chi connectivity index (χ4n) is 5.19. The van der Waals surface area contributed by atoms with Gasteiger partial charge < -0.3 is 10.0 Å². The number of aliphatic hydroxyl groups is 1. The van der Waals surface area contributed by atoms with Crippen molar-refractivity contribution in [2.75, 3.05) is 26.2 Å². The molecule has 0 atom stereocenters. The first-order chi connectivity index (χ1) is 18.2. The van der Waals surface area contributed by atoms with Crippen LogP contribution in [0.1, 0.15) is 34.9 Å². The molecule has 0 aliphatic carbocycles. The van der Waals surface area contributed by atoms with Gasteiger partial charge in [0, 0.05) is 41.9 Å². The molecule has 1 N–H and O–H groups in total. The fraction of sp³-hybridized carbons (Fsp3) is 0.310. The second-order valence-electron chi connectivity index (χ2n) is 9.71. The zero-order valence-corrected chi connectivity index (χ0v) is 22.0. The van der Waals surface area contributed by atoms with E-state index in [9.17, 15) is 23.1 Å². The molecule has 9 heteroatoms. The van der Waals surface area contributed by atoms with Gasteiger partial charge in [-0.2, -0.15) is 0 Å². The van der Waals surface area contributed by atoms with Gasteiger partial charge in [-0.3, -0.25) is 9.36 Å². The molecule has 1 saturated heterocycles. The molecule has 3 heterocycles. The van der Waals surface area contributed by atoms with Crippen LogP contribution in [0, 0.1) is 31.3 Å². The number of aliphatic hydroxyl groups excluding tert-OH is 1. The van der Waals surface area contributed by atoms with Crippen LogP contribution < -0.4 is 5.56 Å². The molecule has 0 spiro atoms. The predicted molar refractivity (Wildman–Crippen MR) is 143 cm³/mol. The van der Waals surface area contributed by atoms with Crippen LogP contribution in [0.5, 0.6) is 0 Å². The standard InChI is InChI=1S/C29H28F3N3O2S/c1-17-13-22(31)14-18(2)27(17)35-16-20(3-6-25(35)37)26-28(23-5-4-21(30)15-24(23)32)38-29(33-26)19-7-9-34(10-8-19)11-12-36/h3-6,13-16,19,36H,7-12H2,1-2H3. The molecule has 4 aromatic rings. The largest absolute Gasteiger partial charge is 0.395 e. The highest BCUT2D eigenvalue weighted by molar-refractivity contribution is 7.15. The van der Waals surface area contributed by atoms with Gasteiger partial charge in [-0.15, -0.1) is 11.3 Å². The molecule has 0 saturated carbocycles. The Morgan fingerprint density at radius 3 is 2.37 bits per heavy atom. The monoisotopic (exact) mass is 539 g/mol. The Balaban J connectivity index is 1.63. The number of piperidine rings is 1. The molecule has 0 radical (unpaired) electrons. The van der Waals surface area contributed by atoms with Crippen molar-refractivity contribution < 1.29 is 18.3 Å². The molecular formula is C29H28F3N3O2S. The smallest absolute Gasteiger partial charge is 0.255 e. The third-order valence-corrected chi connectivity index (χ3v) is 8.30. The number of benzene rings is 2. The molecule has 0 unspecified atom stereocenters. The SMILES string of the molecule is Cc1cc(F)cc(C)c1-n1cc(-c2nc(C3CCN(CCO)CC3)sc2-c2ccc(F)cc2F)ccc1=O. The highest BCUT2D eigenvalue weighted by Gasteiger charge is 2.26. The van der Waals surface area contributed by atoms with E-state index in [1.807, 2.05) is 0 Å². The van der Waals surface area contributed by atoms with Crippen LogP contribution in [-0.4, -0.2) is 45.8 Å². The van der Waals surface area contributed by atoms with Crippen molar-refractivity contribution in [2.45, 2.75) is 32.6 Å². The number of hydrogen-bond donors (Lipinski definition) is 1. The molecule has 2 aromatic carbocycles. The fourth-order valence-corrected chi connectivity index (χ4v) is 6.48. The Bertz CT molecular complexity index is 1520. The van der Waals surface area contributed by atoms with Crippen molar-refractivity contribution >= 4 is 11.3 Å². The lowest BCUT2D eigenvalue weighted by atomic mass is 9.97. The summed E-state index contributed by atoms with van der Waals surface area (Å²) in [4.78, 5) is 20.6. The average Bonchev–Trinajstić information content (AvgIpc) is 3.30. The van der Waals surface area contributed by atoms with Gasteiger partial charge in [-0.25, -0.2) is 18.2 Å². The van der Waals surface area contributed by atoms with E-state index >= 15 is 0 Å². The van der Waals surface area contributed by atoms with E-state index < -0.39 is 11.6 Å². The molecule has 5 rings (SSSR count). The van der Waals surface area contributed by atoms with Crippen molar-refractivity contribution in [3.8, 4) is 27.4 Å². The molecule has 1 aliphatic rings. The van der Waals surface area contributed by atoms with Crippen LogP contribution in [0.2, 0.25) is 0 Å². The van der Waals surface area contributed by atoms with Crippen molar-refractivity contribution in [3.05, 3.63) is 92.6 Å². The molecule has 0 bridgehead atoms. The molecule has 0 amide bonds. The second kappa shape index (κ2) is 10.8. The van der Waals surface area contributed by atoms with Gasteiger partial charge in [-0.05, 0) is 81.2 Å². The van der Waals surface area contributed by atoms with Crippen LogP contribution in [-0.2, 0) is 0 Å². The van der Waals surface area contributed by atoms with Gasteiger partial charge >= 0.3 is 0 Å². The number of likely N-dealkylation sites (tertiary alicyclic amines) is 1. The summed E-state index contributed by atoms with van der Waals surface area (Å²) in [7, 11) is 0. The molecule has 1 fully saturated rings. The summed E-state index contributed by atoms with van der Waals surface area (Å²) in [5.74, 6) is -1.56. The first kappa shape index (κ1) is 26.3. The van der Waals surface area contributed by atoms with Crippen LogP contribution >= 0.6 is 11.3 Å². The maximum atomic E-state index is 15.0. The summed E-state index contributed by atoms with van der Waals surface area (Å²) < 4.78 is 44.1. The maximum absolute atomic E-state index is 15.0. The van der Waals surface area contributed by atoms with Crippen molar-refractivity contribution in [1.82, 2.24) is 14.5 Å². The summed E-state index contributed by atoms with van der Waals surface area (Å²) in [5, 5.41) is 10.1. The first-order valence-corrected chi connectivity index (χ1v) is 13.4. The highest BCUT2D eigenvalue weighted by atomic mass is 32.1. The molecule has 198 valence electrons. The van der Waals surface area contributed by atoms with E-state index in [1.165, 1.54) is 46.2 Å². The number of halogens is 3. The Hall–Kier alpha value is -3.27. The van der Waals surface area contributed by atoms with E-state index in [4.69, 9.17) is 4.98 Å². The summed E-state index contributed by atoms with van der Waals surface area (Å²) in [6.45, 7) is 5.89. The van der Waals surface area contributed by atoms with Crippen molar-refractivity contribution in [1.29, 1.82) is 0 Å². The van der Waals surface area contributed by atoms with Crippen LogP contribution in [0.15, 0.2) is 53.5 Å². The number of β-amino-alcohol motifs (C(OH)–C–C–N with tert-alkyl or cyclic N) is 1.